The number of hydrogen-bond acceptors (Lipinski definition) is 8. The molecule has 0 spiro atoms. The van der Waals surface area contributed by atoms with Gasteiger partial charge in [-0.3, -0.25) is 4.79 Å². The number of ether oxygens (including phenoxy) is 3. The Morgan fingerprint density at radius 2 is 1.87 bits per heavy atom. The lowest BCUT2D eigenvalue weighted by Crippen LogP contribution is -1.97. The minimum atomic E-state index is -0.838. The molecule has 0 atom stereocenters. The molecule has 0 saturated carbocycles. The highest BCUT2D eigenvalue weighted by molar-refractivity contribution is 7.99. The van der Waals surface area contributed by atoms with Crippen molar-refractivity contribution in [2.24, 2.45) is 0 Å². The molecule has 9 heteroatoms. The van der Waals surface area contributed by atoms with E-state index in [1.807, 2.05) is 12.1 Å². The van der Waals surface area contributed by atoms with E-state index in [1.54, 1.807) is 21.3 Å². The van der Waals surface area contributed by atoms with Crippen LogP contribution in [0.15, 0.2) is 17.2 Å². The molecule has 0 radical (unpaired) electrons. The van der Waals surface area contributed by atoms with Crippen LogP contribution >= 0.6 is 23.3 Å². The van der Waals surface area contributed by atoms with E-state index in [0.29, 0.717) is 28.0 Å². The van der Waals surface area contributed by atoms with Crippen molar-refractivity contribution in [1.29, 1.82) is 0 Å². The largest absolute Gasteiger partial charge is 0.493 e. The molecule has 0 fully saturated rings. The summed E-state index contributed by atoms with van der Waals surface area (Å²) in [4.78, 5) is 11.5. The van der Waals surface area contributed by atoms with E-state index < -0.39 is 5.97 Å². The minimum absolute atomic E-state index is 0.0664. The maximum absolute atomic E-state index is 10.6. The average Bonchev–Trinajstić information content (AvgIpc) is 3.01. The highest BCUT2D eigenvalue weighted by Crippen LogP contribution is 2.43. The first-order valence-corrected chi connectivity index (χ1v) is 8.34. The van der Waals surface area contributed by atoms with Crippen molar-refractivity contribution < 1.29 is 24.1 Å². The number of thioether (sulfide) groups is 1. The molecule has 1 aromatic heterocycles. The van der Waals surface area contributed by atoms with Crippen LogP contribution in [-0.4, -0.2) is 47.7 Å². The second-order valence-corrected chi connectivity index (χ2v) is 6.15. The Balaban J connectivity index is 2.35. The predicted octanol–water partition coefficient (Wildman–Crippen LogP) is 2.80. The lowest BCUT2D eigenvalue weighted by atomic mass is 10.1. The van der Waals surface area contributed by atoms with E-state index >= 15 is 0 Å². The number of methoxy groups -OCH3 is 3. The summed E-state index contributed by atoms with van der Waals surface area (Å²) in [5, 5.41) is 13.5. The topological polar surface area (TPSA) is 90.8 Å². The molecular weight excluding hydrogens is 340 g/mol. The third-order valence-corrected chi connectivity index (χ3v) is 4.81. The smallest absolute Gasteiger partial charge is 0.304 e. The van der Waals surface area contributed by atoms with Crippen LogP contribution < -0.4 is 14.2 Å². The quantitative estimate of drug-likeness (QED) is 0.722. The standard InChI is InChI=1S/C14H16N2O5S2/c1-19-9-6-8(7-10(20-2)12(9)21-3)13-14(15-16-23-13)22-5-4-11(17)18/h6-7H,4-5H2,1-3H3,(H,17,18). The molecule has 0 unspecified atom stereocenters. The van der Waals surface area contributed by atoms with Crippen molar-refractivity contribution in [2.75, 3.05) is 27.1 Å². The van der Waals surface area contributed by atoms with Gasteiger partial charge in [-0.05, 0) is 23.7 Å². The zero-order valence-corrected chi connectivity index (χ0v) is 14.5. The number of aromatic nitrogens is 2. The van der Waals surface area contributed by atoms with Crippen molar-refractivity contribution in [3.05, 3.63) is 12.1 Å². The molecular formula is C14H16N2O5S2. The first kappa shape index (κ1) is 17.4. The highest BCUT2D eigenvalue weighted by Gasteiger charge is 2.18. The van der Waals surface area contributed by atoms with Crippen molar-refractivity contribution in [3.63, 3.8) is 0 Å². The van der Waals surface area contributed by atoms with Gasteiger partial charge in [0.1, 0.15) is 5.03 Å². The molecule has 0 amide bonds. The van der Waals surface area contributed by atoms with Crippen LogP contribution in [0, 0.1) is 0 Å². The van der Waals surface area contributed by atoms with Gasteiger partial charge in [0.2, 0.25) is 5.75 Å². The number of aliphatic carboxylic acids is 1. The lowest BCUT2D eigenvalue weighted by Gasteiger charge is -2.13. The molecule has 1 heterocycles. The Labute approximate surface area is 141 Å². The van der Waals surface area contributed by atoms with Crippen LogP contribution in [0.4, 0.5) is 0 Å². The summed E-state index contributed by atoms with van der Waals surface area (Å²) in [6.45, 7) is 0. The summed E-state index contributed by atoms with van der Waals surface area (Å²) >= 11 is 2.59. The van der Waals surface area contributed by atoms with Gasteiger partial charge in [0.05, 0.1) is 32.6 Å². The van der Waals surface area contributed by atoms with Gasteiger partial charge in [0.15, 0.2) is 11.5 Å². The molecule has 0 saturated heterocycles. The number of carboxylic acids is 1. The van der Waals surface area contributed by atoms with E-state index in [1.165, 1.54) is 23.3 Å². The van der Waals surface area contributed by atoms with Crippen LogP contribution in [0.2, 0.25) is 0 Å². The summed E-state index contributed by atoms with van der Waals surface area (Å²) in [6.07, 6.45) is 0.0664. The summed E-state index contributed by atoms with van der Waals surface area (Å²) in [5.74, 6) is 1.18. The van der Waals surface area contributed by atoms with Crippen LogP contribution in [-0.2, 0) is 4.79 Å². The van der Waals surface area contributed by atoms with E-state index in [0.717, 1.165) is 10.4 Å². The van der Waals surface area contributed by atoms with E-state index in [-0.39, 0.29) is 6.42 Å². The lowest BCUT2D eigenvalue weighted by molar-refractivity contribution is -0.136. The maximum Gasteiger partial charge on any atom is 0.304 e. The molecule has 7 nitrogen and oxygen atoms in total. The Morgan fingerprint density at radius 1 is 1.22 bits per heavy atom. The molecule has 23 heavy (non-hydrogen) atoms. The van der Waals surface area contributed by atoms with Crippen molar-refractivity contribution >= 4 is 29.3 Å². The SMILES string of the molecule is COc1cc(-c2snnc2SCCC(=O)O)cc(OC)c1OC. The molecule has 0 aliphatic heterocycles. The molecule has 124 valence electrons. The van der Waals surface area contributed by atoms with Gasteiger partial charge in [0, 0.05) is 11.3 Å². The molecule has 2 aromatic rings. The van der Waals surface area contributed by atoms with Gasteiger partial charge in [-0.25, -0.2) is 0 Å². The first-order valence-electron chi connectivity index (χ1n) is 6.58. The second-order valence-electron chi connectivity index (χ2n) is 4.31. The Kier molecular flexibility index (Phi) is 6.05. The van der Waals surface area contributed by atoms with Crippen LogP contribution in [0.1, 0.15) is 6.42 Å². The summed E-state index contributed by atoms with van der Waals surface area (Å²) < 4.78 is 20.0. The fourth-order valence-corrected chi connectivity index (χ4v) is 3.60. The number of carboxylic acid groups (broad SMARTS) is 1. The van der Waals surface area contributed by atoms with Gasteiger partial charge in [-0.2, -0.15) is 0 Å². The number of carbonyl (C=O) groups is 1. The van der Waals surface area contributed by atoms with Gasteiger partial charge < -0.3 is 19.3 Å². The predicted molar refractivity (Wildman–Crippen MR) is 88.0 cm³/mol. The van der Waals surface area contributed by atoms with Gasteiger partial charge in [0.25, 0.3) is 0 Å². The molecule has 1 aromatic carbocycles. The first-order chi connectivity index (χ1) is 11.1. The van der Waals surface area contributed by atoms with Gasteiger partial charge >= 0.3 is 5.97 Å². The Bertz CT molecular complexity index is 665. The highest BCUT2D eigenvalue weighted by atomic mass is 32.2. The average molecular weight is 356 g/mol. The number of hydrogen-bond donors (Lipinski definition) is 1. The number of benzene rings is 1. The van der Waals surface area contributed by atoms with Gasteiger partial charge in [-0.1, -0.05) is 4.49 Å². The minimum Gasteiger partial charge on any atom is -0.493 e. The monoisotopic (exact) mass is 356 g/mol. The number of rotatable bonds is 8. The van der Waals surface area contributed by atoms with Crippen LogP contribution in [0.3, 0.4) is 0 Å². The van der Waals surface area contributed by atoms with Crippen LogP contribution in [0.25, 0.3) is 10.4 Å². The third-order valence-electron chi connectivity index (χ3n) is 2.94. The van der Waals surface area contributed by atoms with E-state index in [4.69, 9.17) is 19.3 Å². The van der Waals surface area contributed by atoms with Crippen molar-refractivity contribution in [3.8, 4) is 27.7 Å². The molecule has 0 aliphatic rings. The third kappa shape index (κ3) is 4.05. The van der Waals surface area contributed by atoms with Crippen LogP contribution in [0.5, 0.6) is 17.2 Å². The maximum atomic E-state index is 10.6. The summed E-state index contributed by atoms with van der Waals surface area (Å²) in [7, 11) is 4.64. The summed E-state index contributed by atoms with van der Waals surface area (Å²) in [5.41, 5.74) is 0.826. The zero-order chi connectivity index (χ0) is 16.8. The van der Waals surface area contributed by atoms with Crippen molar-refractivity contribution in [1.82, 2.24) is 9.59 Å². The van der Waals surface area contributed by atoms with E-state index in [2.05, 4.69) is 9.59 Å². The fraction of sp³-hybridized carbons (Fsp3) is 0.357. The second kappa shape index (κ2) is 8.02. The molecule has 2 rings (SSSR count). The summed E-state index contributed by atoms with van der Waals surface area (Å²) in [6, 6.07) is 3.63. The number of nitrogens with zero attached hydrogens (tertiary/aromatic N) is 2. The fourth-order valence-electron chi connectivity index (χ4n) is 1.90. The van der Waals surface area contributed by atoms with Crippen molar-refractivity contribution in [2.45, 2.75) is 11.4 Å². The molecule has 0 bridgehead atoms. The zero-order valence-electron chi connectivity index (χ0n) is 12.9. The van der Waals surface area contributed by atoms with E-state index in [9.17, 15) is 4.79 Å². The molecule has 1 N–H and O–H groups in total. The van der Waals surface area contributed by atoms with Gasteiger partial charge in [-0.15, -0.1) is 16.9 Å². The Morgan fingerprint density at radius 3 is 2.39 bits per heavy atom. The normalized spacial score (nSPS) is 10.4. The Hall–Kier alpha value is -2.00. The molecule has 0 aliphatic carbocycles.